The van der Waals surface area contributed by atoms with Crippen LogP contribution < -0.4 is 0 Å². The van der Waals surface area contributed by atoms with Crippen molar-refractivity contribution in [1.82, 2.24) is 4.90 Å². The van der Waals surface area contributed by atoms with Crippen LogP contribution in [0.15, 0.2) is 48.5 Å². The lowest BCUT2D eigenvalue weighted by Crippen LogP contribution is -2.55. The lowest BCUT2D eigenvalue weighted by molar-refractivity contribution is -0.137. The van der Waals surface area contributed by atoms with Crippen LogP contribution in [0.3, 0.4) is 0 Å². The van der Waals surface area contributed by atoms with Gasteiger partial charge >= 0.3 is 12.3 Å². The molecule has 2 heterocycles. The van der Waals surface area contributed by atoms with E-state index in [1.165, 1.54) is 0 Å². The maximum Gasteiger partial charge on any atom is 0.416 e. The molecule has 0 saturated carbocycles. The molecule has 8 heteroatoms. The summed E-state index contributed by atoms with van der Waals surface area (Å²) in [5.74, 6) is -1.01. The van der Waals surface area contributed by atoms with E-state index < -0.39 is 29.5 Å². The first-order valence-electron chi connectivity index (χ1n) is 10.9. The van der Waals surface area contributed by atoms with Gasteiger partial charge in [-0.3, -0.25) is 4.79 Å². The van der Waals surface area contributed by atoms with E-state index in [1.807, 2.05) is 36.4 Å². The Labute approximate surface area is 189 Å². The molecule has 2 unspecified atom stereocenters. The maximum atomic E-state index is 13.2. The van der Waals surface area contributed by atoms with E-state index in [1.54, 1.807) is 4.90 Å². The quantitative estimate of drug-likeness (QED) is 0.551. The number of hydrogen-bond acceptors (Lipinski definition) is 4. The Kier molecular flexibility index (Phi) is 6.41. The number of ketones is 1. The molecule has 0 N–H and O–H groups in total. The van der Waals surface area contributed by atoms with Gasteiger partial charge in [0.15, 0.2) is 5.78 Å². The Hall–Kier alpha value is -3.34. The summed E-state index contributed by atoms with van der Waals surface area (Å²) in [4.78, 5) is 27.8. The zero-order valence-corrected chi connectivity index (χ0v) is 17.8. The molecule has 0 aliphatic carbocycles. The highest BCUT2D eigenvalue weighted by Gasteiger charge is 2.44. The molecule has 2 atom stereocenters. The number of carbonyl (C=O) groups excluding carboxylic acids is 2. The fourth-order valence-corrected chi connectivity index (χ4v) is 4.93. The number of nitrogens with zero attached hydrogens (tertiary/aromatic N) is 2. The van der Waals surface area contributed by atoms with Gasteiger partial charge in [-0.15, -0.1) is 0 Å². The number of carbonyl (C=O) groups is 2. The standard InChI is InChI=1S/C25H23F3N2O3/c26-25(27,28)19-10-9-17(14-29)22(13-19)23(31)18-11-20-7-4-8-21(12-18)30(20)24(32)33-15-16-5-2-1-3-6-16/h1-3,5-6,9-10,13,18,20-21H,4,7-8,11-12,15H2. The second kappa shape index (κ2) is 9.26. The summed E-state index contributed by atoms with van der Waals surface area (Å²) < 4.78 is 45.0. The number of piperidine rings is 2. The van der Waals surface area contributed by atoms with Crippen LogP contribution in [0.2, 0.25) is 0 Å². The predicted molar refractivity (Wildman–Crippen MR) is 113 cm³/mol. The highest BCUT2D eigenvalue weighted by Crippen LogP contribution is 2.40. The summed E-state index contributed by atoms with van der Waals surface area (Å²) in [6.45, 7) is 0.147. The van der Waals surface area contributed by atoms with Crippen molar-refractivity contribution in [3.05, 3.63) is 70.8 Å². The Morgan fingerprint density at radius 2 is 1.73 bits per heavy atom. The van der Waals surface area contributed by atoms with Crippen LogP contribution in [0.5, 0.6) is 0 Å². The highest BCUT2D eigenvalue weighted by molar-refractivity contribution is 6.00. The van der Waals surface area contributed by atoms with Gasteiger partial charge in [0.05, 0.1) is 17.2 Å². The highest BCUT2D eigenvalue weighted by atomic mass is 19.4. The number of fused-ring (bicyclic) bond motifs is 2. The molecule has 1 amide bonds. The van der Waals surface area contributed by atoms with Crippen molar-refractivity contribution in [2.24, 2.45) is 5.92 Å². The Morgan fingerprint density at radius 3 is 2.33 bits per heavy atom. The molecule has 2 aromatic carbocycles. The Bertz CT molecular complexity index is 1060. The summed E-state index contributed by atoms with van der Waals surface area (Å²) in [6, 6.07) is 13.4. The first kappa shape index (κ1) is 22.8. The third-order valence-electron chi connectivity index (χ3n) is 6.49. The van der Waals surface area contributed by atoms with Gasteiger partial charge in [-0.2, -0.15) is 18.4 Å². The molecule has 0 aromatic heterocycles. The number of benzene rings is 2. The number of hydrogen-bond donors (Lipinski definition) is 0. The number of halogens is 3. The van der Waals surface area contributed by atoms with Crippen molar-refractivity contribution in [2.75, 3.05) is 0 Å². The van der Waals surface area contributed by atoms with E-state index >= 15 is 0 Å². The van der Waals surface area contributed by atoms with Gasteiger partial charge in [0.2, 0.25) is 0 Å². The zero-order chi connectivity index (χ0) is 23.6. The minimum atomic E-state index is -4.61. The van der Waals surface area contributed by atoms with E-state index in [9.17, 15) is 28.0 Å². The molecule has 2 bridgehead atoms. The Balaban J connectivity index is 1.50. The molecule has 2 aliphatic rings. The fourth-order valence-electron chi connectivity index (χ4n) is 4.93. The summed E-state index contributed by atoms with van der Waals surface area (Å²) in [5.41, 5.74) is -0.347. The summed E-state index contributed by atoms with van der Waals surface area (Å²) in [6.07, 6.45) is -2.04. The summed E-state index contributed by atoms with van der Waals surface area (Å²) in [5, 5.41) is 9.34. The molecule has 0 spiro atoms. The van der Waals surface area contributed by atoms with Gasteiger partial charge in [0.25, 0.3) is 0 Å². The van der Waals surface area contributed by atoms with E-state index in [4.69, 9.17) is 4.74 Å². The van der Waals surface area contributed by atoms with Gasteiger partial charge in [0.1, 0.15) is 6.61 Å². The summed E-state index contributed by atoms with van der Waals surface area (Å²) >= 11 is 0. The number of rotatable bonds is 4. The lowest BCUT2D eigenvalue weighted by Gasteiger charge is -2.47. The second-order valence-electron chi connectivity index (χ2n) is 8.59. The number of nitriles is 1. The third-order valence-corrected chi connectivity index (χ3v) is 6.49. The zero-order valence-electron chi connectivity index (χ0n) is 17.8. The molecular weight excluding hydrogens is 433 g/mol. The first-order valence-corrected chi connectivity index (χ1v) is 10.9. The minimum Gasteiger partial charge on any atom is -0.445 e. The molecule has 33 heavy (non-hydrogen) atoms. The number of alkyl halides is 3. The molecule has 2 fully saturated rings. The largest absolute Gasteiger partial charge is 0.445 e. The van der Waals surface area contributed by atoms with Crippen LogP contribution in [-0.2, 0) is 17.5 Å². The fraction of sp³-hybridized carbons (Fsp3) is 0.400. The Morgan fingerprint density at radius 1 is 1.06 bits per heavy atom. The van der Waals surface area contributed by atoms with E-state index in [0.717, 1.165) is 30.2 Å². The summed E-state index contributed by atoms with van der Waals surface area (Å²) in [7, 11) is 0. The van der Waals surface area contributed by atoms with E-state index in [-0.39, 0.29) is 29.8 Å². The van der Waals surface area contributed by atoms with E-state index in [2.05, 4.69) is 0 Å². The van der Waals surface area contributed by atoms with Gasteiger partial charge in [0, 0.05) is 23.6 Å². The van der Waals surface area contributed by atoms with Crippen LogP contribution in [0, 0.1) is 17.2 Å². The molecular formula is C25H23F3N2O3. The third kappa shape index (κ3) is 4.87. The van der Waals surface area contributed by atoms with E-state index in [0.29, 0.717) is 25.7 Å². The number of ether oxygens (including phenoxy) is 1. The van der Waals surface area contributed by atoms with Crippen molar-refractivity contribution in [3.8, 4) is 6.07 Å². The molecule has 172 valence electrons. The number of amides is 1. The average Bonchev–Trinajstić information content (AvgIpc) is 2.80. The van der Waals surface area contributed by atoms with Crippen molar-refractivity contribution in [1.29, 1.82) is 5.26 Å². The maximum absolute atomic E-state index is 13.2. The molecule has 0 radical (unpaired) electrons. The van der Waals surface area contributed by atoms with Crippen molar-refractivity contribution in [3.63, 3.8) is 0 Å². The average molecular weight is 456 g/mol. The van der Waals surface area contributed by atoms with Crippen molar-refractivity contribution < 1.29 is 27.5 Å². The van der Waals surface area contributed by atoms with Crippen LogP contribution in [0.4, 0.5) is 18.0 Å². The lowest BCUT2D eigenvalue weighted by atomic mass is 9.75. The van der Waals surface area contributed by atoms with Gasteiger partial charge in [-0.25, -0.2) is 4.79 Å². The van der Waals surface area contributed by atoms with Crippen molar-refractivity contribution >= 4 is 11.9 Å². The minimum absolute atomic E-state index is 0.0668. The predicted octanol–water partition coefficient (Wildman–Crippen LogP) is 5.73. The van der Waals surface area contributed by atoms with Gasteiger partial charge < -0.3 is 9.64 Å². The first-order chi connectivity index (χ1) is 15.8. The topological polar surface area (TPSA) is 70.4 Å². The molecule has 2 saturated heterocycles. The second-order valence-corrected chi connectivity index (χ2v) is 8.59. The van der Waals surface area contributed by atoms with Gasteiger partial charge in [-0.1, -0.05) is 30.3 Å². The molecule has 5 nitrogen and oxygen atoms in total. The smallest absolute Gasteiger partial charge is 0.416 e. The van der Waals surface area contributed by atoms with Crippen molar-refractivity contribution in [2.45, 2.75) is 57.0 Å². The molecule has 2 aromatic rings. The van der Waals surface area contributed by atoms with Crippen LogP contribution in [0.1, 0.15) is 59.2 Å². The SMILES string of the molecule is N#Cc1ccc(C(F)(F)F)cc1C(=O)C1CC2CCCC(C1)N2C(=O)OCc1ccccc1. The number of Topliss-reactive ketones (excluding diaryl/α,β-unsaturated/α-hetero) is 1. The van der Waals surface area contributed by atoms with Crippen LogP contribution in [0.25, 0.3) is 0 Å². The molecule has 2 aliphatic heterocycles. The van der Waals surface area contributed by atoms with Gasteiger partial charge in [-0.05, 0) is 55.9 Å². The van der Waals surface area contributed by atoms with Crippen LogP contribution >= 0.6 is 0 Å². The molecule has 4 rings (SSSR count). The monoisotopic (exact) mass is 456 g/mol. The normalized spacial score (nSPS) is 22.4. The van der Waals surface area contributed by atoms with Crippen LogP contribution in [-0.4, -0.2) is 28.9 Å².